The van der Waals surface area contributed by atoms with Crippen LogP contribution in [0.4, 0.5) is 4.39 Å². The highest BCUT2D eigenvalue weighted by atomic mass is 32.2. The van der Waals surface area contributed by atoms with Crippen molar-refractivity contribution < 1.29 is 9.18 Å². The number of thioether (sulfide) groups is 1. The van der Waals surface area contributed by atoms with E-state index in [1.807, 2.05) is 19.2 Å². The predicted molar refractivity (Wildman–Crippen MR) is 109 cm³/mol. The van der Waals surface area contributed by atoms with Crippen molar-refractivity contribution in [2.24, 2.45) is 7.05 Å². The molecular weight excluding hydrogens is 385 g/mol. The van der Waals surface area contributed by atoms with Crippen LogP contribution in [0.2, 0.25) is 0 Å². The first-order valence-electron chi connectivity index (χ1n) is 8.57. The Balaban J connectivity index is 1.90. The third-order valence-corrected chi connectivity index (χ3v) is 6.18. The van der Waals surface area contributed by atoms with E-state index in [9.17, 15) is 14.0 Å². The van der Waals surface area contributed by atoms with Crippen molar-refractivity contribution in [3.63, 3.8) is 0 Å². The monoisotopic (exact) mass is 405 g/mol. The Morgan fingerprint density at radius 3 is 2.74 bits per heavy atom. The highest BCUT2D eigenvalue weighted by Gasteiger charge is 2.17. The molecule has 3 aromatic rings. The molecule has 0 radical (unpaired) electrons. The minimum atomic E-state index is -0.321. The quantitative estimate of drug-likeness (QED) is 0.500. The van der Waals surface area contributed by atoms with Gasteiger partial charge >= 0.3 is 0 Å². The molecule has 8 heteroatoms. The zero-order valence-electron chi connectivity index (χ0n) is 15.3. The van der Waals surface area contributed by atoms with E-state index in [0.717, 1.165) is 17.5 Å². The number of carbonyl (C=O) groups is 1. The predicted octanol–water partition coefficient (Wildman–Crippen LogP) is 3.81. The normalized spacial score (nSPS) is 12.3. The average Bonchev–Trinajstić information content (AvgIpc) is 3.08. The molecule has 0 spiro atoms. The Labute approximate surface area is 164 Å². The van der Waals surface area contributed by atoms with Gasteiger partial charge < -0.3 is 5.32 Å². The zero-order chi connectivity index (χ0) is 19.6. The van der Waals surface area contributed by atoms with E-state index < -0.39 is 0 Å². The van der Waals surface area contributed by atoms with Crippen molar-refractivity contribution in [2.45, 2.75) is 31.5 Å². The van der Waals surface area contributed by atoms with Crippen LogP contribution in [-0.2, 0) is 11.8 Å². The summed E-state index contributed by atoms with van der Waals surface area (Å²) in [5.74, 6) is -0.202. The summed E-state index contributed by atoms with van der Waals surface area (Å²) in [5.41, 5.74) is 1.34. The second-order valence-corrected chi connectivity index (χ2v) is 8.06. The third-order valence-electron chi connectivity index (χ3n) is 4.28. The van der Waals surface area contributed by atoms with Crippen LogP contribution in [0, 0.1) is 5.82 Å². The maximum atomic E-state index is 13.2. The van der Waals surface area contributed by atoms with Crippen LogP contribution < -0.4 is 10.9 Å². The van der Waals surface area contributed by atoms with Gasteiger partial charge in [-0.25, -0.2) is 9.37 Å². The number of hydrogen-bond donors (Lipinski definition) is 1. The Morgan fingerprint density at radius 2 is 2.07 bits per heavy atom. The van der Waals surface area contributed by atoms with E-state index >= 15 is 0 Å². The number of amides is 1. The minimum Gasteiger partial charge on any atom is -0.353 e. The first-order chi connectivity index (χ1) is 12.9. The highest BCUT2D eigenvalue weighted by Crippen LogP contribution is 2.32. The third kappa shape index (κ3) is 4.22. The van der Waals surface area contributed by atoms with Crippen LogP contribution in [0.5, 0.6) is 0 Å². The molecule has 1 atom stereocenters. The van der Waals surface area contributed by atoms with Gasteiger partial charge in [0.1, 0.15) is 10.6 Å². The van der Waals surface area contributed by atoms with E-state index in [1.54, 1.807) is 19.2 Å². The summed E-state index contributed by atoms with van der Waals surface area (Å²) in [6.07, 6.45) is 0.862. The number of fused-ring (bicyclic) bond motifs is 1. The van der Waals surface area contributed by atoms with E-state index in [0.29, 0.717) is 15.4 Å². The van der Waals surface area contributed by atoms with Gasteiger partial charge in [-0.05, 0) is 31.0 Å². The Bertz CT molecular complexity index is 1030. The maximum Gasteiger partial charge on any atom is 0.263 e. The molecule has 3 rings (SSSR count). The van der Waals surface area contributed by atoms with Crippen LogP contribution in [0.15, 0.2) is 39.6 Å². The summed E-state index contributed by atoms with van der Waals surface area (Å²) >= 11 is 2.61. The molecule has 0 aliphatic rings. The number of halogens is 1. The molecule has 0 saturated carbocycles. The van der Waals surface area contributed by atoms with Crippen LogP contribution in [0.3, 0.4) is 0 Å². The lowest BCUT2D eigenvalue weighted by atomic mass is 10.1. The van der Waals surface area contributed by atoms with Crippen molar-refractivity contribution in [1.29, 1.82) is 0 Å². The van der Waals surface area contributed by atoms with Crippen molar-refractivity contribution in [2.75, 3.05) is 5.75 Å². The smallest absolute Gasteiger partial charge is 0.263 e. The molecule has 1 aromatic carbocycles. The average molecular weight is 406 g/mol. The fraction of sp³-hybridized carbons (Fsp3) is 0.316. The lowest BCUT2D eigenvalue weighted by Gasteiger charge is -2.11. The lowest BCUT2D eigenvalue weighted by molar-refractivity contribution is -0.119. The van der Waals surface area contributed by atoms with E-state index in [1.165, 1.54) is 39.8 Å². The van der Waals surface area contributed by atoms with Crippen LogP contribution in [0.25, 0.3) is 21.3 Å². The standard InChI is InChI=1S/C19H20FN3O2S2/c1-4-11(2)21-15(24)10-27-19-22-17-16(18(25)23(19)3)14(9-26-17)12-5-7-13(20)8-6-12/h5-9,11H,4,10H2,1-3H3,(H,21,24)/t11-/m0/s1. The largest absolute Gasteiger partial charge is 0.353 e. The maximum absolute atomic E-state index is 13.2. The molecular formula is C19H20FN3O2S2. The lowest BCUT2D eigenvalue weighted by Crippen LogP contribution is -2.33. The number of rotatable bonds is 6. The Hall–Kier alpha value is -2.19. The van der Waals surface area contributed by atoms with Gasteiger partial charge in [0.15, 0.2) is 5.16 Å². The van der Waals surface area contributed by atoms with Gasteiger partial charge in [-0.1, -0.05) is 30.8 Å². The molecule has 0 aliphatic heterocycles. The number of nitrogens with zero attached hydrogens (tertiary/aromatic N) is 2. The van der Waals surface area contributed by atoms with Gasteiger partial charge in [0.25, 0.3) is 5.56 Å². The fourth-order valence-corrected chi connectivity index (χ4v) is 4.34. The van der Waals surface area contributed by atoms with E-state index in [4.69, 9.17) is 0 Å². The van der Waals surface area contributed by atoms with Gasteiger partial charge in [-0.3, -0.25) is 14.2 Å². The SMILES string of the molecule is CC[C@H](C)NC(=O)CSc1nc2scc(-c3ccc(F)cc3)c2c(=O)n1C. The van der Waals surface area contributed by atoms with Crippen LogP contribution in [0.1, 0.15) is 20.3 Å². The van der Waals surface area contributed by atoms with Crippen molar-refractivity contribution >= 4 is 39.2 Å². The molecule has 0 aliphatic carbocycles. The molecule has 2 heterocycles. The highest BCUT2D eigenvalue weighted by molar-refractivity contribution is 7.99. The second-order valence-electron chi connectivity index (χ2n) is 6.26. The Kier molecular flexibility index (Phi) is 5.96. The number of hydrogen-bond acceptors (Lipinski definition) is 5. The number of thiophene rings is 1. The topological polar surface area (TPSA) is 64.0 Å². The first kappa shape index (κ1) is 19.6. The first-order valence-corrected chi connectivity index (χ1v) is 10.4. The second kappa shape index (κ2) is 8.22. The number of nitrogens with one attached hydrogen (secondary N) is 1. The molecule has 2 aromatic heterocycles. The van der Waals surface area contributed by atoms with Gasteiger partial charge in [0.05, 0.1) is 11.1 Å². The fourth-order valence-electron chi connectivity index (χ4n) is 2.57. The van der Waals surface area contributed by atoms with E-state index in [2.05, 4.69) is 10.3 Å². The molecule has 1 N–H and O–H groups in total. The summed E-state index contributed by atoms with van der Waals surface area (Å²) in [6, 6.07) is 6.16. The molecule has 1 amide bonds. The number of aromatic nitrogens is 2. The number of benzene rings is 1. The van der Waals surface area contributed by atoms with Gasteiger partial charge in [-0.2, -0.15) is 0 Å². The van der Waals surface area contributed by atoms with Crippen molar-refractivity contribution in [3.05, 3.63) is 45.8 Å². The van der Waals surface area contributed by atoms with Crippen molar-refractivity contribution in [3.8, 4) is 11.1 Å². The molecule has 27 heavy (non-hydrogen) atoms. The Morgan fingerprint density at radius 1 is 1.37 bits per heavy atom. The van der Waals surface area contributed by atoms with E-state index in [-0.39, 0.29) is 29.1 Å². The molecule has 0 unspecified atom stereocenters. The summed E-state index contributed by atoms with van der Waals surface area (Å²) in [7, 11) is 1.65. The molecule has 0 bridgehead atoms. The summed E-state index contributed by atoms with van der Waals surface area (Å²) in [4.78, 5) is 30.0. The summed E-state index contributed by atoms with van der Waals surface area (Å²) < 4.78 is 14.6. The number of carbonyl (C=O) groups excluding carboxylic acids is 1. The summed E-state index contributed by atoms with van der Waals surface area (Å²) in [6.45, 7) is 3.96. The summed E-state index contributed by atoms with van der Waals surface area (Å²) in [5, 5.41) is 5.77. The zero-order valence-corrected chi connectivity index (χ0v) is 16.9. The minimum absolute atomic E-state index is 0.0816. The van der Waals surface area contributed by atoms with Gasteiger partial charge in [-0.15, -0.1) is 11.3 Å². The molecule has 0 saturated heterocycles. The van der Waals surface area contributed by atoms with Crippen LogP contribution in [-0.4, -0.2) is 27.3 Å². The van der Waals surface area contributed by atoms with Crippen LogP contribution >= 0.6 is 23.1 Å². The van der Waals surface area contributed by atoms with Gasteiger partial charge in [0, 0.05) is 24.0 Å². The van der Waals surface area contributed by atoms with Gasteiger partial charge in [0.2, 0.25) is 5.91 Å². The van der Waals surface area contributed by atoms with Crippen molar-refractivity contribution in [1.82, 2.24) is 14.9 Å². The molecule has 5 nitrogen and oxygen atoms in total. The molecule has 0 fully saturated rings. The molecule has 142 valence electrons.